The van der Waals surface area contributed by atoms with Crippen molar-refractivity contribution in [2.24, 2.45) is 0 Å². The largest absolute Gasteiger partial charge is 0.505 e. The Hall–Kier alpha value is -1.58. The third kappa shape index (κ3) is 1.14. The number of benzene rings is 1. The Morgan fingerprint density at radius 3 is 3.08 bits per heavy atom. The highest BCUT2D eigenvalue weighted by Crippen LogP contribution is 2.36. The fourth-order valence-electron chi connectivity index (χ4n) is 1.35. The van der Waals surface area contributed by atoms with Crippen molar-refractivity contribution in [2.45, 2.75) is 5.92 Å². The van der Waals surface area contributed by atoms with Gasteiger partial charge in [-0.1, -0.05) is 0 Å². The summed E-state index contributed by atoms with van der Waals surface area (Å²) in [6.45, 7) is 0.224. The highest BCUT2D eigenvalue weighted by molar-refractivity contribution is 5.67. The van der Waals surface area contributed by atoms with E-state index in [-0.39, 0.29) is 6.61 Å². The van der Waals surface area contributed by atoms with Crippen LogP contribution in [0.3, 0.4) is 0 Å². The number of hydrogen-bond donors (Lipinski definition) is 1. The van der Waals surface area contributed by atoms with E-state index in [4.69, 9.17) is 9.84 Å². The van der Waals surface area contributed by atoms with Gasteiger partial charge in [0.15, 0.2) is 11.6 Å². The second kappa shape index (κ2) is 2.73. The van der Waals surface area contributed by atoms with Crippen LogP contribution in [-0.4, -0.2) is 18.0 Å². The average Bonchev–Trinajstić information content (AvgIpc) is 2.48. The molecule has 13 heavy (non-hydrogen) atoms. The Morgan fingerprint density at radius 2 is 2.38 bits per heavy atom. The Balaban J connectivity index is 2.53. The summed E-state index contributed by atoms with van der Waals surface area (Å²) in [5, 5.41) is 9.00. The molecule has 0 spiro atoms. The molecule has 2 rings (SSSR count). The molecule has 0 saturated heterocycles. The Kier molecular flexibility index (Phi) is 1.69. The lowest BCUT2D eigenvalue weighted by Crippen LogP contribution is -2.00. The highest BCUT2D eigenvalue weighted by Gasteiger charge is 2.25. The lowest BCUT2D eigenvalue weighted by Gasteiger charge is -2.00. The summed E-state index contributed by atoms with van der Waals surface area (Å²) in [4.78, 5) is 10.5. The van der Waals surface area contributed by atoms with Gasteiger partial charge in [-0.25, -0.2) is 4.39 Å². The van der Waals surface area contributed by atoms with Gasteiger partial charge < -0.3 is 14.6 Å². The van der Waals surface area contributed by atoms with Gasteiger partial charge in [0, 0.05) is 11.6 Å². The summed E-state index contributed by atoms with van der Waals surface area (Å²) in [6.07, 6.45) is 0.711. The molecule has 0 amide bonds. The zero-order valence-corrected chi connectivity index (χ0v) is 6.66. The van der Waals surface area contributed by atoms with Gasteiger partial charge in [0.1, 0.15) is 18.6 Å². The fourth-order valence-corrected chi connectivity index (χ4v) is 1.35. The molecule has 0 aliphatic carbocycles. The number of carbonyl (C=O) groups is 1. The van der Waals surface area contributed by atoms with Gasteiger partial charge in [-0.2, -0.15) is 0 Å². The first-order chi connectivity index (χ1) is 6.22. The van der Waals surface area contributed by atoms with Crippen molar-refractivity contribution in [1.82, 2.24) is 0 Å². The fraction of sp³-hybridized carbons (Fsp3) is 0.222. The minimum absolute atomic E-state index is 0.224. The van der Waals surface area contributed by atoms with Gasteiger partial charge in [-0.15, -0.1) is 0 Å². The van der Waals surface area contributed by atoms with Crippen molar-refractivity contribution < 1.29 is 19.0 Å². The average molecular weight is 182 g/mol. The van der Waals surface area contributed by atoms with E-state index >= 15 is 0 Å². The van der Waals surface area contributed by atoms with Gasteiger partial charge in [-0.05, 0) is 6.07 Å². The van der Waals surface area contributed by atoms with Crippen LogP contribution >= 0.6 is 0 Å². The first-order valence-corrected chi connectivity index (χ1v) is 3.83. The van der Waals surface area contributed by atoms with Gasteiger partial charge in [0.05, 0.1) is 5.92 Å². The molecule has 1 aromatic rings. The van der Waals surface area contributed by atoms with Gasteiger partial charge in [-0.3, -0.25) is 0 Å². The summed E-state index contributed by atoms with van der Waals surface area (Å²) >= 11 is 0. The van der Waals surface area contributed by atoms with Crippen LogP contribution in [0.25, 0.3) is 0 Å². The maximum atomic E-state index is 12.9. The zero-order valence-electron chi connectivity index (χ0n) is 6.66. The number of phenolic OH excluding ortho intramolecular Hbond substituents is 1. The smallest absolute Gasteiger partial charge is 0.165 e. The molecular weight excluding hydrogens is 175 g/mol. The first kappa shape index (κ1) is 8.04. The lowest BCUT2D eigenvalue weighted by atomic mass is 10.0. The predicted molar refractivity (Wildman–Crippen MR) is 42.4 cm³/mol. The predicted octanol–water partition coefficient (Wildman–Crippen LogP) is 1.21. The second-order valence-corrected chi connectivity index (χ2v) is 2.90. The van der Waals surface area contributed by atoms with Gasteiger partial charge in [0.25, 0.3) is 0 Å². The van der Waals surface area contributed by atoms with E-state index in [1.54, 1.807) is 0 Å². The maximum absolute atomic E-state index is 12.9. The molecular formula is C9H7FO3. The molecule has 0 bridgehead atoms. The van der Waals surface area contributed by atoms with Crippen LogP contribution in [0.4, 0.5) is 4.39 Å². The molecule has 0 fully saturated rings. The Bertz CT molecular complexity index is 362. The number of aldehydes is 1. The topological polar surface area (TPSA) is 46.5 Å². The molecule has 3 nitrogen and oxygen atoms in total. The molecule has 0 radical (unpaired) electrons. The molecule has 0 saturated carbocycles. The zero-order chi connectivity index (χ0) is 9.42. The van der Waals surface area contributed by atoms with Crippen molar-refractivity contribution in [2.75, 3.05) is 6.61 Å². The van der Waals surface area contributed by atoms with Crippen molar-refractivity contribution in [1.29, 1.82) is 0 Å². The second-order valence-electron chi connectivity index (χ2n) is 2.90. The van der Waals surface area contributed by atoms with Crippen LogP contribution in [0.15, 0.2) is 12.1 Å². The molecule has 1 atom stereocenters. The normalized spacial score (nSPS) is 19.3. The Morgan fingerprint density at radius 1 is 1.62 bits per heavy atom. The van der Waals surface area contributed by atoms with Crippen molar-refractivity contribution >= 4 is 6.29 Å². The van der Waals surface area contributed by atoms with E-state index in [1.165, 1.54) is 6.07 Å². The summed E-state index contributed by atoms with van der Waals surface area (Å²) in [5.74, 6) is -1.21. The monoisotopic (exact) mass is 182 g/mol. The SMILES string of the molecule is O=CC1COc2cc(O)c(F)cc21. The third-order valence-corrected chi connectivity index (χ3v) is 2.06. The van der Waals surface area contributed by atoms with Crippen LogP contribution in [0.5, 0.6) is 11.5 Å². The maximum Gasteiger partial charge on any atom is 0.165 e. The van der Waals surface area contributed by atoms with Crippen LogP contribution < -0.4 is 4.74 Å². The molecule has 1 heterocycles. The summed E-state index contributed by atoms with van der Waals surface area (Å²) in [6, 6.07) is 2.32. The molecule has 1 unspecified atom stereocenters. The van der Waals surface area contributed by atoms with Crippen molar-refractivity contribution in [3.8, 4) is 11.5 Å². The third-order valence-electron chi connectivity index (χ3n) is 2.06. The van der Waals surface area contributed by atoms with E-state index in [1.807, 2.05) is 0 Å². The van der Waals surface area contributed by atoms with E-state index in [2.05, 4.69) is 0 Å². The van der Waals surface area contributed by atoms with Gasteiger partial charge >= 0.3 is 0 Å². The molecule has 1 aliphatic heterocycles. The summed E-state index contributed by atoms with van der Waals surface area (Å²) in [5.41, 5.74) is 0.505. The van der Waals surface area contributed by atoms with Gasteiger partial charge in [0.2, 0.25) is 0 Å². The number of aromatic hydroxyl groups is 1. The minimum Gasteiger partial charge on any atom is -0.505 e. The van der Waals surface area contributed by atoms with Crippen molar-refractivity contribution in [3.05, 3.63) is 23.5 Å². The van der Waals surface area contributed by atoms with Crippen molar-refractivity contribution in [3.63, 3.8) is 0 Å². The molecule has 4 heteroatoms. The van der Waals surface area contributed by atoms with E-state index in [0.29, 0.717) is 17.6 Å². The molecule has 0 aromatic heterocycles. The van der Waals surface area contributed by atoms with Crippen LogP contribution in [0.2, 0.25) is 0 Å². The molecule has 68 valence electrons. The highest BCUT2D eigenvalue weighted by atomic mass is 19.1. The quantitative estimate of drug-likeness (QED) is 0.664. The number of halogens is 1. The Labute approximate surface area is 73.8 Å². The minimum atomic E-state index is -0.726. The number of rotatable bonds is 1. The number of ether oxygens (including phenoxy) is 1. The van der Waals surface area contributed by atoms with E-state index < -0.39 is 17.5 Å². The molecule has 1 N–H and O–H groups in total. The summed E-state index contributed by atoms with van der Waals surface area (Å²) < 4.78 is 17.9. The van der Waals surface area contributed by atoms with Crippen LogP contribution in [0, 0.1) is 5.82 Å². The first-order valence-electron chi connectivity index (χ1n) is 3.83. The number of phenols is 1. The number of carbonyl (C=O) groups excluding carboxylic acids is 1. The lowest BCUT2D eigenvalue weighted by molar-refractivity contribution is -0.109. The summed E-state index contributed by atoms with van der Waals surface area (Å²) in [7, 11) is 0. The number of hydrogen-bond acceptors (Lipinski definition) is 3. The van der Waals surface area contributed by atoms with E-state index in [9.17, 15) is 9.18 Å². The standard InChI is InChI=1S/C9H7FO3/c10-7-1-6-5(3-11)4-13-9(6)2-8(7)12/h1-3,5,12H,4H2. The van der Waals surface area contributed by atoms with Crippen LogP contribution in [-0.2, 0) is 4.79 Å². The molecule has 1 aromatic carbocycles. The van der Waals surface area contributed by atoms with Crippen LogP contribution in [0.1, 0.15) is 11.5 Å². The van der Waals surface area contributed by atoms with E-state index in [0.717, 1.165) is 6.07 Å². The number of fused-ring (bicyclic) bond motifs is 1. The molecule has 1 aliphatic rings.